The number of hydrogen-bond acceptors (Lipinski definition) is 6. The number of halogens is 1. The number of benzene rings is 3. The van der Waals surface area contributed by atoms with E-state index in [2.05, 4.69) is 9.97 Å². The van der Waals surface area contributed by atoms with Gasteiger partial charge in [-0.05, 0) is 48.9 Å². The molecule has 0 radical (unpaired) electrons. The fourth-order valence-corrected chi connectivity index (χ4v) is 4.68. The fraction of sp³-hybridized carbons (Fsp3) is 0.111. The normalized spacial score (nSPS) is 16.9. The number of H-pyrrole nitrogens is 1. The van der Waals surface area contributed by atoms with E-state index in [1.165, 1.54) is 42.3 Å². The number of nitrogens with zero attached hydrogens (tertiary/aromatic N) is 2. The van der Waals surface area contributed by atoms with E-state index in [0.29, 0.717) is 22.3 Å². The van der Waals surface area contributed by atoms with E-state index in [-0.39, 0.29) is 27.7 Å². The van der Waals surface area contributed by atoms with Gasteiger partial charge >= 0.3 is 11.9 Å². The number of ketones is 1. The van der Waals surface area contributed by atoms with Gasteiger partial charge in [-0.3, -0.25) is 14.5 Å². The predicted molar refractivity (Wildman–Crippen MR) is 137 cm³/mol. The number of carboxylic acid groups (broad SMARTS) is 1. The first kappa shape index (κ1) is 24.1. The van der Waals surface area contributed by atoms with Crippen molar-refractivity contribution in [3.8, 4) is 5.75 Å². The fourth-order valence-electron chi connectivity index (χ4n) is 4.42. The highest BCUT2D eigenvalue weighted by Gasteiger charge is 2.48. The molecule has 3 N–H and O–H groups in total. The van der Waals surface area contributed by atoms with Crippen LogP contribution in [0.1, 0.15) is 33.1 Å². The lowest BCUT2D eigenvalue weighted by Gasteiger charge is -2.23. The third-order valence-electron chi connectivity index (χ3n) is 6.17. The number of aryl methyl sites for hydroxylation is 1. The van der Waals surface area contributed by atoms with Gasteiger partial charge in [-0.15, -0.1) is 0 Å². The Bertz CT molecular complexity index is 1640. The van der Waals surface area contributed by atoms with E-state index >= 15 is 0 Å². The van der Waals surface area contributed by atoms with Crippen LogP contribution in [0.15, 0.2) is 66.2 Å². The molecule has 1 amide bonds. The molecule has 5 rings (SSSR count). The van der Waals surface area contributed by atoms with Gasteiger partial charge in [0.15, 0.2) is 0 Å². The summed E-state index contributed by atoms with van der Waals surface area (Å²) in [7, 11) is 1.46. The third kappa shape index (κ3) is 4.09. The molecule has 1 atom stereocenters. The molecule has 9 nitrogen and oxygen atoms in total. The van der Waals surface area contributed by atoms with Crippen LogP contribution in [0.2, 0.25) is 5.02 Å². The Hall–Kier alpha value is -4.63. The molecule has 1 fully saturated rings. The van der Waals surface area contributed by atoms with Gasteiger partial charge in [0, 0.05) is 5.56 Å². The highest BCUT2D eigenvalue weighted by Crippen LogP contribution is 2.42. The average Bonchev–Trinajstić information content (AvgIpc) is 3.41. The number of aliphatic hydroxyl groups excluding tert-OH is 1. The molecule has 1 aromatic heterocycles. The Balaban J connectivity index is 1.72. The number of aliphatic hydroxyl groups is 1. The van der Waals surface area contributed by atoms with Crippen LogP contribution >= 0.6 is 11.6 Å². The van der Waals surface area contributed by atoms with E-state index in [0.717, 1.165) is 5.56 Å². The molecule has 1 aliphatic heterocycles. The third-order valence-corrected chi connectivity index (χ3v) is 6.47. The zero-order valence-corrected chi connectivity index (χ0v) is 20.4. The molecule has 186 valence electrons. The molecule has 0 saturated carbocycles. The lowest BCUT2D eigenvalue weighted by molar-refractivity contribution is -0.132. The molecule has 0 aliphatic carbocycles. The molecule has 3 aromatic carbocycles. The van der Waals surface area contributed by atoms with Gasteiger partial charge in [0.2, 0.25) is 5.95 Å². The number of rotatable bonds is 5. The van der Waals surface area contributed by atoms with Crippen LogP contribution in [0.5, 0.6) is 5.75 Å². The molecule has 0 spiro atoms. The first-order valence-corrected chi connectivity index (χ1v) is 11.5. The first-order valence-electron chi connectivity index (χ1n) is 11.1. The number of methoxy groups -OCH3 is 1. The summed E-state index contributed by atoms with van der Waals surface area (Å²) in [6.07, 6.45) is 0. The standard InChI is InChI=1S/C27H20ClN3O6/c1-13-4-3-5-14(10-13)22-21(23(32)15-7-9-20(37-2)17(28)11-15)24(33)25(34)31(22)27-29-18-8-6-16(26(35)36)12-19(18)30-27/h3-12,22,32H,1-2H3,(H,29,30)(H,35,36)/b23-21+. The number of hydrogen-bond donors (Lipinski definition) is 3. The summed E-state index contributed by atoms with van der Waals surface area (Å²) in [5.74, 6) is -2.89. The number of carbonyl (C=O) groups excluding carboxylic acids is 2. The van der Waals surface area contributed by atoms with E-state index in [1.54, 1.807) is 18.2 Å². The van der Waals surface area contributed by atoms with Crippen LogP contribution in [0.3, 0.4) is 0 Å². The quantitative estimate of drug-likeness (QED) is 0.195. The van der Waals surface area contributed by atoms with Gasteiger partial charge in [-0.25, -0.2) is 9.78 Å². The van der Waals surface area contributed by atoms with E-state index < -0.39 is 29.5 Å². The number of Topliss-reactive ketones (excluding diaryl/α,β-unsaturated/α-hetero) is 1. The van der Waals surface area contributed by atoms with Crippen molar-refractivity contribution in [3.63, 3.8) is 0 Å². The van der Waals surface area contributed by atoms with Gasteiger partial charge in [-0.2, -0.15) is 0 Å². The number of aromatic nitrogens is 2. The number of ether oxygens (including phenoxy) is 1. The maximum absolute atomic E-state index is 13.4. The van der Waals surface area contributed by atoms with E-state index in [1.807, 2.05) is 19.1 Å². The zero-order chi connectivity index (χ0) is 26.4. The van der Waals surface area contributed by atoms with Crippen molar-refractivity contribution in [3.05, 3.63) is 93.5 Å². The highest BCUT2D eigenvalue weighted by atomic mass is 35.5. The lowest BCUT2D eigenvalue weighted by atomic mass is 9.94. The van der Waals surface area contributed by atoms with Crippen LogP contribution in [0, 0.1) is 6.92 Å². The average molecular weight is 518 g/mol. The molecule has 10 heteroatoms. The lowest BCUT2D eigenvalue weighted by Crippen LogP contribution is -2.30. The van der Waals surface area contributed by atoms with Crippen LogP contribution in [0.4, 0.5) is 5.95 Å². The summed E-state index contributed by atoms with van der Waals surface area (Å²) in [4.78, 5) is 46.7. The number of nitrogens with one attached hydrogen (secondary N) is 1. The summed E-state index contributed by atoms with van der Waals surface area (Å²) in [5.41, 5.74) is 2.38. The Morgan fingerprint density at radius 3 is 2.49 bits per heavy atom. The van der Waals surface area contributed by atoms with Gasteiger partial charge in [-0.1, -0.05) is 41.4 Å². The Morgan fingerprint density at radius 2 is 1.81 bits per heavy atom. The van der Waals surface area contributed by atoms with Gasteiger partial charge in [0.1, 0.15) is 11.5 Å². The number of fused-ring (bicyclic) bond motifs is 1. The smallest absolute Gasteiger partial charge is 0.335 e. The number of aromatic carboxylic acids is 1. The zero-order valence-electron chi connectivity index (χ0n) is 19.7. The SMILES string of the molecule is COc1ccc(/C(O)=C2\C(=O)C(=O)N(c3nc4ccc(C(=O)O)cc4[nH]3)C2c2cccc(C)c2)cc1Cl. The summed E-state index contributed by atoms with van der Waals surface area (Å²) in [5, 5.41) is 20.8. The van der Waals surface area contributed by atoms with Crippen LogP contribution in [0.25, 0.3) is 16.8 Å². The molecule has 4 aromatic rings. The number of carbonyl (C=O) groups is 3. The van der Waals surface area contributed by atoms with Crippen molar-refractivity contribution in [2.75, 3.05) is 12.0 Å². The van der Waals surface area contributed by atoms with Crippen LogP contribution in [-0.2, 0) is 9.59 Å². The van der Waals surface area contributed by atoms with Gasteiger partial charge < -0.3 is 19.9 Å². The number of imidazole rings is 1. The van der Waals surface area contributed by atoms with Gasteiger partial charge in [0.05, 0.1) is 40.3 Å². The van der Waals surface area contributed by atoms with Crippen molar-refractivity contribution in [1.82, 2.24) is 9.97 Å². The molecule has 2 heterocycles. The molecule has 37 heavy (non-hydrogen) atoms. The molecule has 1 aliphatic rings. The van der Waals surface area contributed by atoms with Crippen molar-refractivity contribution >= 4 is 52.0 Å². The van der Waals surface area contributed by atoms with E-state index in [9.17, 15) is 24.6 Å². The Morgan fingerprint density at radius 1 is 1.05 bits per heavy atom. The Kier molecular flexibility index (Phi) is 5.93. The molecular weight excluding hydrogens is 498 g/mol. The van der Waals surface area contributed by atoms with Crippen molar-refractivity contribution < 1.29 is 29.3 Å². The summed E-state index contributed by atoms with van der Waals surface area (Å²) >= 11 is 6.25. The molecule has 0 bridgehead atoms. The van der Waals surface area contributed by atoms with Crippen molar-refractivity contribution in [2.45, 2.75) is 13.0 Å². The number of carboxylic acids is 1. The summed E-state index contributed by atoms with van der Waals surface area (Å²) in [6, 6.07) is 15.0. The number of amides is 1. The number of anilines is 1. The predicted octanol–water partition coefficient (Wildman–Crippen LogP) is 4.86. The maximum Gasteiger partial charge on any atom is 0.335 e. The van der Waals surface area contributed by atoms with Crippen LogP contribution in [-0.4, -0.2) is 45.0 Å². The minimum Gasteiger partial charge on any atom is -0.507 e. The maximum atomic E-state index is 13.4. The topological polar surface area (TPSA) is 133 Å². The second kappa shape index (κ2) is 9.11. The highest BCUT2D eigenvalue weighted by molar-refractivity contribution is 6.51. The van der Waals surface area contributed by atoms with Crippen molar-refractivity contribution in [1.29, 1.82) is 0 Å². The number of aromatic amines is 1. The molecular formula is C27H20ClN3O6. The van der Waals surface area contributed by atoms with Gasteiger partial charge in [0.25, 0.3) is 5.78 Å². The molecule has 1 saturated heterocycles. The minimum absolute atomic E-state index is 0.0383. The van der Waals surface area contributed by atoms with E-state index in [4.69, 9.17) is 16.3 Å². The Labute approximate surface area is 215 Å². The van der Waals surface area contributed by atoms with Crippen molar-refractivity contribution in [2.24, 2.45) is 0 Å². The van der Waals surface area contributed by atoms with Crippen LogP contribution < -0.4 is 9.64 Å². The largest absolute Gasteiger partial charge is 0.507 e. The minimum atomic E-state index is -1.11. The monoisotopic (exact) mass is 517 g/mol. The summed E-state index contributed by atoms with van der Waals surface area (Å²) in [6.45, 7) is 1.87. The summed E-state index contributed by atoms with van der Waals surface area (Å²) < 4.78 is 5.17. The molecule has 1 unspecified atom stereocenters. The first-order chi connectivity index (χ1) is 17.7. The second-order valence-electron chi connectivity index (χ2n) is 8.53. The second-order valence-corrected chi connectivity index (χ2v) is 8.94.